The summed E-state index contributed by atoms with van der Waals surface area (Å²) in [6.07, 6.45) is 0.0676. The first-order valence-electron chi connectivity index (χ1n) is 4.01. The van der Waals surface area contributed by atoms with Gasteiger partial charge in [-0.05, 0) is 11.6 Å². The van der Waals surface area contributed by atoms with Crippen molar-refractivity contribution < 1.29 is 4.39 Å². The summed E-state index contributed by atoms with van der Waals surface area (Å²) in [7, 11) is 0. The van der Waals surface area contributed by atoms with Gasteiger partial charge in [-0.3, -0.25) is 0 Å². The van der Waals surface area contributed by atoms with Gasteiger partial charge in [-0.2, -0.15) is 10.5 Å². The molecule has 0 heterocycles. The molecular weight excluding hydrogens is 181 g/mol. The van der Waals surface area contributed by atoms with E-state index in [1.807, 2.05) is 6.07 Å². The minimum absolute atomic E-state index is 0.0676. The number of halogens is 1. The van der Waals surface area contributed by atoms with Crippen LogP contribution in [0.25, 0.3) is 0 Å². The first-order chi connectivity index (χ1) is 6.70. The summed E-state index contributed by atoms with van der Waals surface area (Å²) in [5.74, 6) is -0.599. The van der Waals surface area contributed by atoms with E-state index in [4.69, 9.17) is 16.3 Å². The Labute approximate surface area is 81.2 Å². The number of hydrogen-bond acceptors (Lipinski definition) is 3. The van der Waals surface area contributed by atoms with Crippen molar-refractivity contribution >= 4 is 0 Å². The summed E-state index contributed by atoms with van der Waals surface area (Å²) in [5, 5.41) is 17.1. The van der Waals surface area contributed by atoms with Gasteiger partial charge in [0.1, 0.15) is 11.9 Å². The van der Waals surface area contributed by atoms with Gasteiger partial charge in [-0.15, -0.1) is 0 Å². The van der Waals surface area contributed by atoms with Crippen LogP contribution in [0.4, 0.5) is 4.39 Å². The van der Waals surface area contributed by atoms with E-state index in [2.05, 4.69) is 0 Å². The molecule has 0 unspecified atom stereocenters. The molecule has 0 aliphatic carbocycles. The lowest BCUT2D eigenvalue weighted by Crippen LogP contribution is -2.11. The lowest BCUT2D eigenvalue weighted by molar-refractivity contribution is 0.615. The monoisotopic (exact) mass is 189 g/mol. The van der Waals surface area contributed by atoms with Crippen LogP contribution in [0.1, 0.15) is 23.6 Å². The van der Waals surface area contributed by atoms with E-state index in [0.717, 1.165) is 0 Å². The lowest BCUT2D eigenvalue weighted by atomic mass is 9.99. The maximum Gasteiger partial charge on any atom is 0.141 e. The summed E-state index contributed by atoms with van der Waals surface area (Å²) in [6.45, 7) is 0. The second-order valence-corrected chi connectivity index (χ2v) is 2.78. The third-order valence-electron chi connectivity index (χ3n) is 1.87. The molecule has 70 valence electrons. The lowest BCUT2D eigenvalue weighted by Gasteiger charge is -2.09. The predicted molar refractivity (Wildman–Crippen MR) is 48.3 cm³/mol. The van der Waals surface area contributed by atoms with E-state index in [1.54, 1.807) is 12.1 Å². The molecule has 4 heteroatoms. The van der Waals surface area contributed by atoms with Gasteiger partial charge in [-0.25, -0.2) is 4.39 Å². The standard InChI is InChI=1S/C10H8FN3/c11-9-3-1-2-7(8(9)6-13)10(14)4-5-12/h1-3,10H,4,14H2/t10-/m1/s1. The van der Waals surface area contributed by atoms with Crippen LogP contribution in [0.2, 0.25) is 0 Å². The van der Waals surface area contributed by atoms with Crippen LogP contribution in [-0.4, -0.2) is 0 Å². The Kier molecular flexibility index (Phi) is 3.17. The number of hydrogen-bond donors (Lipinski definition) is 1. The molecule has 3 nitrogen and oxygen atoms in total. The molecule has 0 spiro atoms. The first-order valence-corrected chi connectivity index (χ1v) is 4.01. The van der Waals surface area contributed by atoms with Crippen molar-refractivity contribution in [2.75, 3.05) is 0 Å². The average Bonchev–Trinajstić information content (AvgIpc) is 2.17. The fourth-order valence-corrected chi connectivity index (χ4v) is 1.18. The molecule has 0 radical (unpaired) electrons. The molecule has 0 aromatic heterocycles. The van der Waals surface area contributed by atoms with Crippen molar-refractivity contribution in [2.45, 2.75) is 12.5 Å². The zero-order valence-electron chi connectivity index (χ0n) is 7.37. The Morgan fingerprint density at radius 2 is 2.14 bits per heavy atom. The quantitative estimate of drug-likeness (QED) is 0.768. The molecule has 0 fully saturated rings. The molecule has 1 aromatic rings. The van der Waals surface area contributed by atoms with Crippen LogP contribution in [0.15, 0.2) is 18.2 Å². The fourth-order valence-electron chi connectivity index (χ4n) is 1.18. The van der Waals surface area contributed by atoms with E-state index < -0.39 is 11.9 Å². The van der Waals surface area contributed by atoms with Crippen molar-refractivity contribution in [3.05, 3.63) is 35.1 Å². The van der Waals surface area contributed by atoms with Crippen LogP contribution in [0, 0.1) is 28.5 Å². The zero-order chi connectivity index (χ0) is 10.6. The highest BCUT2D eigenvalue weighted by Gasteiger charge is 2.13. The highest BCUT2D eigenvalue weighted by Crippen LogP contribution is 2.20. The van der Waals surface area contributed by atoms with Crippen molar-refractivity contribution in [1.82, 2.24) is 0 Å². The van der Waals surface area contributed by atoms with Crippen molar-refractivity contribution in [3.63, 3.8) is 0 Å². The minimum Gasteiger partial charge on any atom is -0.323 e. The van der Waals surface area contributed by atoms with Crippen molar-refractivity contribution in [3.8, 4) is 12.1 Å². The van der Waals surface area contributed by atoms with Crippen LogP contribution < -0.4 is 5.73 Å². The van der Waals surface area contributed by atoms with Crippen LogP contribution in [0.5, 0.6) is 0 Å². The Hall–Kier alpha value is -1.91. The first kappa shape index (κ1) is 10.2. The van der Waals surface area contributed by atoms with E-state index in [-0.39, 0.29) is 12.0 Å². The van der Waals surface area contributed by atoms with Gasteiger partial charge < -0.3 is 5.73 Å². The van der Waals surface area contributed by atoms with Crippen LogP contribution >= 0.6 is 0 Å². The molecule has 0 amide bonds. The van der Waals surface area contributed by atoms with E-state index in [9.17, 15) is 4.39 Å². The number of nitrogens with two attached hydrogens (primary N) is 1. The van der Waals surface area contributed by atoms with Gasteiger partial charge in [0.2, 0.25) is 0 Å². The summed E-state index contributed by atoms with van der Waals surface area (Å²) in [6, 6.07) is 7.24. The summed E-state index contributed by atoms with van der Waals surface area (Å²) >= 11 is 0. The van der Waals surface area contributed by atoms with E-state index >= 15 is 0 Å². The smallest absolute Gasteiger partial charge is 0.141 e. The van der Waals surface area contributed by atoms with Crippen LogP contribution in [0.3, 0.4) is 0 Å². The van der Waals surface area contributed by atoms with Gasteiger partial charge in [0.05, 0.1) is 18.1 Å². The zero-order valence-corrected chi connectivity index (χ0v) is 7.37. The Morgan fingerprint density at radius 3 is 2.71 bits per heavy atom. The predicted octanol–water partition coefficient (Wildman–Crippen LogP) is 1.61. The molecule has 0 aliphatic heterocycles. The van der Waals surface area contributed by atoms with Crippen molar-refractivity contribution in [2.24, 2.45) is 5.73 Å². The summed E-state index contributed by atoms with van der Waals surface area (Å²) in [4.78, 5) is 0. The van der Waals surface area contributed by atoms with Gasteiger partial charge >= 0.3 is 0 Å². The third kappa shape index (κ3) is 1.87. The molecular formula is C10H8FN3. The van der Waals surface area contributed by atoms with E-state index in [0.29, 0.717) is 5.56 Å². The number of nitriles is 2. The topological polar surface area (TPSA) is 73.6 Å². The molecule has 1 aromatic carbocycles. The molecule has 0 aliphatic rings. The molecule has 1 atom stereocenters. The third-order valence-corrected chi connectivity index (χ3v) is 1.87. The number of benzene rings is 1. The Bertz CT molecular complexity index is 414. The van der Waals surface area contributed by atoms with Crippen molar-refractivity contribution in [1.29, 1.82) is 10.5 Å². The molecule has 1 rings (SSSR count). The number of rotatable bonds is 2. The maximum atomic E-state index is 13.1. The maximum absolute atomic E-state index is 13.1. The van der Waals surface area contributed by atoms with Crippen LogP contribution in [-0.2, 0) is 0 Å². The molecule has 0 bridgehead atoms. The fraction of sp³-hybridized carbons (Fsp3) is 0.200. The average molecular weight is 189 g/mol. The molecule has 0 saturated heterocycles. The van der Waals surface area contributed by atoms with Gasteiger partial charge in [-0.1, -0.05) is 12.1 Å². The molecule has 0 saturated carbocycles. The number of nitrogens with zero attached hydrogens (tertiary/aromatic N) is 2. The minimum atomic E-state index is -0.606. The summed E-state index contributed by atoms with van der Waals surface area (Å²) in [5.41, 5.74) is 5.92. The second-order valence-electron chi connectivity index (χ2n) is 2.78. The molecule has 14 heavy (non-hydrogen) atoms. The Balaban J connectivity index is 3.16. The highest BCUT2D eigenvalue weighted by atomic mass is 19.1. The highest BCUT2D eigenvalue weighted by molar-refractivity contribution is 5.40. The van der Waals surface area contributed by atoms with Gasteiger partial charge in [0, 0.05) is 6.04 Å². The van der Waals surface area contributed by atoms with Gasteiger partial charge in [0.25, 0.3) is 0 Å². The van der Waals surface area contributed by atoms with Gasteiger partial charge in [0.15, 0.2) is 0 Å². The Morgan fingerprint density at radius 1 is 1.43 bits per heavy atom. The molecule has 2 N–H and O–H groups in total. The SMILES string of the molecule is N#CC[C@@H](N)c1cccc(F)c1C#N. The van der Waals surface area contributed by atoms with E-state index in [1.165, 1.54) is 12.1 Å². The summed E-state index contributed by atoms with van der Waals surface area (Å²) < 4.78 is 13.1. The second kappa shape index (κ2) is 4.36. The largest absolute Gasteiger partial charge is 0.323 e. The normalized spacial score (nSPS) is 11.4.